The van der Waals surface area contributed by atoms with Crippen molar-refractivity contribution < 1.29 is 9.84 Å². The van der Waals surface area contributed by atoms with Gasteiger partial charge in [-0.3, -0.25) is 0 Å². The van der Waals surface area contributed by atoms with Gasteiger partial charge in [0.1, 0.15) is 5.75 Å². The maximum atomic E-state index is 9.88. The zero-order valence-electron chi connectivity index (χ0n) is 7.66. The Hall–Kier alpha value is -0.540. The SMILES string of the molecule is OC1c2cc3c(cc2CC1Br)CCO3. The minimum atomic E-state index is -0.375. The van der Waals surface area contributed by atoms with Crippen molar-refractivity contribution in [3.05, 3.63) is 28.8 Å². The van der Waals surface area contributed by atoms with Gasteiger partial charge in [-0.25, -0.2) is 0 Å². The van der Waals surface area contributed by atoms with Crippen LogP contribution >= 0.6 is 15.9 Å². The van der Waals surface area contributed by atoms with Crippen molar-refractivity contribution in [1.29, 1.82) is 0 Å². The highest BCUT2D eigenvalue weighted by atomic mass is 79.9. The van der Waals surface area contributed by atoms with E-state index >= 15 is 0 Å². The van der Waals surface area contributed by atoms with Crippen molar-refractivity contribution in [3.63, 3.8) is 0 Å². The van der Waals surface area contributed by atoms with Crippen LogP contribution in [-0.2, 0) is 12.8 Å². The van der Waals surface area contributed by atoms with Crippen LogP contribution in [0.25, 0.3) is 0 Å². The van der Waals surface area contributed by atoms with Gasteiger partial charge in [-0.2, -0.15) is 0 Å². The normalized spacial score (nSPS) is 28.4. The standard InChI is InChI=1S/C11H11BrO2/c12-9-4-7-3-6-1-2-14-10(6)5-8(7)11(9)13/h3,5,9,11,13H,1-2,4H2. The molecule has 0 radical (unpaired) electrons. The molecular weight excluding hydrogens is 244 g/mol. The van der Waals surface area contributed by atoms with E-state index in [0.29, 0.717) is 0 Å². The molecule has 3 rings (SSSR count). The minimum Gasteiger partial charge on any atom is -0.493 e. The maximum Gasteiger partial charge on any atom is 0.123 e. The summed E-state index contributed by atoms with van der Waals surface area (Å²) >= 11 is 3.48. The lowest BCUT2D eigenvalue weighted by Gasteiger charge is -2.08. The lowest BCUT2D eigenvalue weighted by molar-refractivity contribution is 0.187. The molecule has 0 aromatic heterocycles. The van der Waals surface area contributed by atoms with Crippen molar-refractivity contribution in [1.82, 2.24) is 0 Å². The molecule has 2 unspecified atom stereocenters. The molecule has 3 heteroatoms. The molecule has 1 heterocycles. The van der Waals surface area contributed by atoms with Gasteiger partial charge in [0.05, 0.1) is 12.7 Å². The average molecular weight is 255 g/mol. The van der Waals surface area contributed by atoms with Crippen LogP contribution in [-0.4, -0.2) is 16.5 Å². The smallest absolute Gasteiger partial charge is 0.123 e. The molecule has 2 nitrogen and oxygen atoms in total. The van der Waals surface area contributed by atoms with Gasteiger partial charge in [0.15, 0.2) is 0 Å². The van der Waals surface area contributed by atoms with E-state index in [4.69, 9.17) is 4.74 Å². The molecule has 2 atom stereocenters. The van der Waals surface area contributed by atoms with E-state index in [2.05, 4.69) is 22.0 Å². The zero-order valence-corrected chi connectivity index (χ0v) is 9.25. The predicted octanol–water partition coefficient (Wildman–Crippen LogP) is 1.97. The van der Waals surface area contributed by atoms with Crippen LogP contribution in [0.1, 0.15) is 22.8 Å². The third-order valence-corrected chi connectivity index (χ3v) is 3.85. The van der Waals surface area contributed by atoms with Gasteiger partial charge in [0.2, 0.25) is 0 Å². The van der Waals surface area contributed by atoms with Crippen LogP contribution < -0.4 is 4.74 Å². The second-order valence-corrected chi connectivity index (χ2v) is 5.10. The Kier molecular flexibility index (Phi) is 1.86. The summed E-state index contributed by atoms with van der Waals surface area (Å²) in [5, 5.41) is 9.88. The summed E-state index contributed by atoms with van der Waals surface area (Å²) in [5.41, 5.74) is 3.59. The van der Waals surface area contributed by atoms with Gasteiger partial charge >= 0.3 is 0 Å². The number of aliphatic hydroxyl groups is 1. The van der Waals surface area contributed by atoms with Crippen molar-refractivity contribution in [2.75, 3.05) is 6.61 Å². The highest BCUT2D eigenvalue weighted by Gasteiger charge is 2.31. The van der Waals surface area contributed by atoms with Crippen molar-refractivity contribution >= 4 is 15.9 Å². The lowest BCUT2D eigenvalue weighted by atomic mass is 10.0. The number of hydrogen-bond donors (Lipinski definition) is 1. The first-order chi connectivity index (χ1) is 6.75. The van der Waals surface area contributed by atoms with Crippen LogP contribution in [0, 0.1) is 0 Å². The summed E-state index contributed by atoms with van der Waals surface area (Å²) in [6.45, 7) is 0.784. The summed E-state index contributed by atoms with van der Waals surface area (Å²) in [5.74, 6) is 0.962. The van der Waals surface area contributed by atoms with E-state index in [1.54, 1.807) is 0 Å². The number of alkyl halides is 1. The number of aliphatic hydroxyl groups excluding tert-OH is 1. The summed E-state index contributed by atoms with van der Waals surface area (Å²) in [6.07, 6.45) is 1.55. The minimum absolute atomic E-state index is 0.167. The molecule has 1 aromatic carbocycles. The number of fused-ring (bicyclic) bond motifs is 2. The van der Waals surface area contributed by atoms with Crippen LogP contribution in [0.2, 0.25) is 0 Å². The molecule has 0 saturated carbocycles. The van der Waals surface area contributed by atoms with Gasteiger partial charge in [-0.05, 0) is 29.2 Å². The first-order valence-electron chi connectivity index (χ1n) is 4.86. The fraction of sp³-hybridized carbons (Fsp3) is 0.455. The van der Waals surface area contributed by atoms with Crippen molar-refractivity contribution in [2.45, 2.75) is 23.8 Å². The quantitative estimate of drug-likeness (QED) is 0.718. The van der Waals surface area contributed by atoms with Crippen LogP contribution in [0.4, 0.5) is 0 Å². The number of hydrogen-bond acceptors (Lipinski definition) is 2. The highest BCUT2D eigenvalue weighted by Crippen LogP contribution is 2.40. The van der Waals surface area contributed by atoms with Crippen LogP contribution in [0.3, 0.4) is 0 Å². The van der Waals surface area contributed by atoms with E-state index in [1.165, 1.54) is 11.1 Å². The van der Waals surface area contributed by atoms with E-state index < -0.39 is 0 Å². The molecule has 0 bridgehead atoms. The summed E-state index contributed by atoms with van der Waals surface area (Å²) in [7, 11) is 0. The molecule has 14 heavy (non-hydrogen) atoms. The Morgan fingerprint density at radius 1 is 1.36 bits per heavy atom. The molecule has 0 spiro atoms. The van der Waals surface area contributed by atoms with Gasteiger partial charge in [0, 0.05) is 11.2 Å². The Bertz CT molecular complexity index is 389. The molecule has 74 valence electrons. The molecule has 1 N–H and O–H groups in total. The fourth-order valence-corrected chi connectivity index (χ4v) is 2.89. The first-order valence-corrected chi connectivity index (χ1v) is 5.78. The molecule has 1 aromatic rings. The number of benzene rings is 1. The van der Waals surface area contributed by atoms with E-state index in [1.807, 2.05) is 6.07 Å². The lowest BCUT2D eigenvalue weighted by Crippen LogP contribution is -2.04. The Balaban J connectivity index is 2.13. The summed E-state index contributed by atoms with van der Waals surface area (Å²) in [4.78, 5) is 0.167. The summed E-state index contributed by atoms with van der Waals surface area (Å²) in [6, 6.07) is 4.19. The molecular formula is C11H11BrO2. The van der Waals surface area contributed by atoms with Gasteiger partial charge in [0.25, 0.3) is 0 Å². The van der Waals surface area contributed by atoms with E-state index in [9.17, 15) is 5.11 Å². The van der Waals surface area contributed by atoms with Gasteiger partial charge < -0.3 is 9.84 Å². The molecule has 2 aliphatic rings. The van der Waals surface area contributed by atoms with Crippen LogP contribution in [0.5, 0.6) is 5.75 Å². The second-order valence-electron chi connectivity index (χ2n) is 3.92. The van der Waals surface area contributed by atoms with E-state index in [-0.39, 0.29) is 10.9 Å². The topological polar surface area (TPSA) is 29.5 Å². The third-order valence-electron chi connectivity index (χ3n) is 3.03. The van der Waals surface area contributed by atoms with Crippen molar-refractivity contribution in [3.8, 4) is 5.75 Å². The largest absolute Gasteiger partial charge is 0.493 e. The average Bonchev–Trinajstić information content (AvgIpc) is 2.70. The van der Waals surface area contributed by atoms with E-state index in [0.717, 1.165) is 30.8 Å². The number of halogens is 1. The molecule has 1 aliphatic carbocycles. The Morgan fingerprint density at radius 3 is 3.07 bits per heavy atom. The Labute approximate surface area is 91.0 Å². The number of rotatable bonds is 0. The molecule has 0 fully saturated rings. The molecule has 0 saturated heterocycles. The van der Waals surface area contributed by atoms with Crippen molar-refractivity contribution in [2.24, 2.45) is 0 Å². The summed E-state index contributed by atoms with van der Waals surface area (Å²) < 4.78 is 5.48. The molecule has 1 aliphatic heterocycles. The van der Waals surface area contributed by atoms with Gasteiger partial charge in [-0.15, -0.1) is 0 Å². The third kappa shape index (κ3) is 1.12. The molecule has 0 amide bonds. The van der Waals surface area contributed by atoms with Gasteiger partial charge in [-0.1, -0.05) is 22.0 Å². The second kappa shape index (κ2) is 2.97. The predicted molar refractivity (Wildman–Crippen MR) is 57.0 cm³/mol. The fourth-order valence-electron chi connectivity index (χ4n) is 2.26. The maximum absolute atomic E-state index is 9.88. The number of ether oxygens (including phenoxy) is 1. The monoisotopic (exact) mass is 254 g/mol. The first kappa shape index (κ1) is 8.74. The Morgan fingerprint density at radius 2 is 2.21 bits per heavy atom. The van der Waals surface area contributed by atoms with Crippen LogP contribution in [0.15, 0.2) is 12.1 Å². The zero-order chi connectivity index (χ0) is 9.71. The highest BCUT2D eigenvalue weighted by molar-refractivity contribution is 9.09.